The molecule has 8 nitrogen and oxygen atoms in total. The summed E-state index contributed by atoms with van der Waals surface area (Å²) >= 11 is 3.18. The van der Waals surface area contributed by atoms with Crippen LogP contribution >= 0.6 is 15.9 Å². The van der Waals surface area contributed by atoms with Crippen molar-refractivity contribution in [3.8, 4) is 11.5 Å². The molecule has 0 radical (unpaired) electrons. The first-order valence-electron chi connectivity index (χ1n) is 10.9. The quantitative estimate of drug-likeness (QED) is 0.251. The Labute approximate surface area is 202 Å². The lowest BCUT2D eigenvalue weighted by molar-refractivity contribution is -0.173. The zero-order valence-electron chi connectivity index (χ0n) is 17.7. The summed E-state index contributed by atoms with van der Waals surface area (Å²) in [6.45, 7) is 0. The van der Waals surface area contributed by atoms with Gasteiger partial charge in [0.1, 0.15) is 11.5 Å². The normalized spacial score (nSPS) is 30.1. The first kappa shape index (κ1) is 21.2. The van der Waals surface area contributed by atoms with Gasteiger partial charge in [-0.25, -0.2) is 0 Å². The van der Waals surface area contributed by atoms with Crippen LogP contribution in [0.3, 0.4) is 0 Å². The van der Waals surface area contributed by atoms with Gasteiger partial charge in [-0.1, -0.05) is 11.6 Å². The largest absolute Gasteiger partial charge is 0.508 e. The van der Waals surface area contributed by atoms with E-state index >= 15 is 0 Å². The van der Waals surface area contributed by atoms with E-state index in [1.165, 1.54) is 12.1 Å². The second-order valence-corrected chi connectivity index (χ2v) is 10.0. The number of ether oxygens (including phenoxy) is 1. The Morgan fingerprint density at radius 2 is 1.88 bits per heavy atom. The predicted octanol–water partition coefficient (Wildman–Crippen LogP) is 2.89. The van der Waals surface area contributed by atoms with Crippen molar-refractivity contribution in [2.24, 2.45) is 23.7 Å². The third-order valence-corrected chi connectivity index (χ3v) is 8.04. The van der Waals surface area contributed by atoms with E-state index in [0.717, 1.165) is 11.1 Å². The number of halogens is 1. The molecule has 1 fully saturated rings. The molecule has 0 saturated carbocycles. The number of hydroxylamine groups is 2. The van der Waals surface area contributed by atoms with Gasteiger partial charge in [-0.3, -0.25) is 24.4 Å². The van der Waals surface area contributed by atoms with E-state index in [0.29, 0.717) is 28.9 Å². The van der Waals surface area contributed by atoms with Gasteiger partial charge in [-0.05, 0) is 58.5 Å². The number of rotatable bonds is 1. The Kier molecular flexibility index (Phi) is 4.59. The van der Waals surface area contributed by atoms with Gasteiger partial charge in [0.2, 0.25) is 0 Å². The number of phenols is 1. The molecule has 1 saturated heterocycles. The topological polar surface area (TPSA) is 121 Å². The lowest BCUT2D eigenvalue weighted by Crippen LogP contribution is -2.41. The molecule has 6 rings (SSSR count). The first-order chi connectivity index (χ1) is 16.3. The summed E-state index contributed by atoms with van der Waals surface area (Å²) in [6, 6.07) is 4.77. The van der Waals surface area contributed by atoms with Crippen LogP contribution in [0.15, 0.2) is 63.4 Å². The molecule has 2 amide bonds. The van der Waals surface area contributed by atoms with Crippen molar-refractivity contribution in [3.63, 3.8) is 0 Å². The summed E-state index contributed by atoms with van der Waals surface area (Å²) in [5.41, 5.74) is 2.89. The minimum atomic E-state index is -0.803. The average Bonchev–Trinajstić information content (AvgIpc) is 3.04. The molecular formula is C25H18BrNO7. The highest BCUT2D eigenvalue weighted by atomic mass is 79.9. The van der Waals surface area contributed by atoms with Gasteiger partial charge >= 0.3 is 0 Å². The van der Waals surface area contributed by atoms with Crippen LogP contribution < -0.4 is 4.74 Å². The Bertz CT molecular complexity index is 1350. The van der Waals surface area contributed by atoms with Crippen molar-refractivity contribution in [3.05, 3.63) is 69.0 Å². The maximum Gasteiger partial charge on any atom is 0.257 e. The number of hydrogen-bond donors (Lipinski definition) is 2. The first-order valence-corrected chi connectivity index (χ1v) is 11.7. The molecule has 1 aromatic rings. The number of phenolic OH excluding ortho intramolecular Hbond substituents is 1. The number of allylic oxidation sites excluding steroid dienone is 7. The highest BCUT2D eigenvalue weighted by molar-refractivity contribution is 9.12. The molecule has 2 heterocycles. The van der Waals surface area contributed by atoms with Crippen LogP contribution in [0.1, 0.15) is 18.4 Å². The number of carbonyl (C=O) groups is 4. The molecule has 172 valence electrons. The monoisotopic (exact) mass is 523 g/mol. The van der Waals surface area contributed by atoms with Crippen LogP contribution in [-0.2, 0) is 25.6 Å². The number of Topliss-reactive ketones (excluding diaryl/α,β-unsaturated/α-hetero) is 1. The van der Waals surface area contributed by atoms with Crippen molar-refractivity contribution in [2.75, 3.05) is 0 Å². The molecule has 2 aliphatic heterocycles. The van der Waals surface area contributed by atoms with Crippen molar-refractivity contribution >= 4 is 39.3 Å². The lowest BCUT2D eigenvalue weighted by Gasteiger charge is -2.43. The molecule has 1 aromatic carbocycles. The fourth-order valence-electron chi connectivity index (χ4n) is 6.00. The number of carbonyl (C=O) groups excluding carboxylic acids is 4. The number of ketones is 2. The number of nitrogens with zero attached hydrogens (tertiary/aromatic N) is 1. The smallest absolute Gasteiger partial charge is 0.257 e. The second-order valence-electron chi connectivity index (χ2n) is 9.16. The Balaban J connectivity index is 1.50. The Morgan fingerprint density at radius 3 is 2.68 bits per heavy atom. The van der Waals surface area contributed by atoms with Gasteiger partial charge in [0.15, 0.2) is 11.6 Å². The van der Waals surface area contributed by atoms with Crippen LogP contribution in [0.4, 0.5) is 0 Å². The lowest BCUT2D eigenvalue weighted by atomic mass is 9.59. The van der Waals surface area contributed by atoms with Crippen LogP contribution in [-0.4, -0.2) is 38.8 Å². The third-order valence-electron chi connectivity index (χ3n) is 7.45. The maximum absolute atomic E-state index is 13.2. The number of amides is 2. The van der Waals surface area contributed by atoms with Crippen molar-refractivity contribution < 1.29 is 34.2 Å². The number of benzene rings is 1. The van der Waals surface area contributed by atoms with Gasteiger partial charge in [0, 0.05) is 35.1 Å². The zero-order chi connectivity index (χ0) is 23.9. The molecule has 9 heteroatoms. The van der Waals surface area contributed by atoms with Crippen LogP contribution in [0.25, 0.3) is 0 Å². The second kappa shape index (κ2) is 7.35. The predicted molar refractivity (Wildman–Crippen MR) is 119 cm³/mol. The van der Waals surface area contributed by atoms with Gasteiger partial charge in [-0.2, -0.15) is 5.06 Å². The minimum absolute atomic E-state index is 0.0821. The van der Waals surface area contributed by atoms with E-state index in [1.54, 1.807) is 18.4 Å². The van der Waals surface area contributed by atoms with E-state index in [1.807, 2.05) is 6.08 Å². The van der Waals surface area contributed by atoms with Gasteiger partial charge in [0.25, 0.3) is 11.8 Å². The van der Waals surface area contributed by atoms with Crippen molar-refractivity contribution in [1.82, 2.24) is 5.06 Å². The van der Waals surface area contributed by atoms with E-state index < -0.39 is 35.5 Å². The minimum Gasteiger partial charge on any atom is -0.508 e. The molecular weight excluding hydrogens is 506 g/mol. The van der Waals surface area contributed by atoms with Crippen LogP contribution in [0.2, 0.25) is 0 Å². The molecule has 5 aliphatic rings. The average molecular weight is 524 g/mol. The van der Waals surface area contributed by atoms with E-state index in [4.69, 9.17) is 4.74 Å². The number of aromatic hydroxyl groups is 1. The maximum atomic E-state index is 13.2. The summed E-state index contributed by atoms with van der Waals surface area (Å²) in [7, 11) is 0. The van der Waals surface area contributed by atoms with E-state index in [-0.39, 0.29) is 39.7 Å². The van der Waals surface area contributed by atoms with Gasteiger partial charge in [-0.15, -0.1) is 0 Å². The molecule has 4 atom stereocenters. The van der Waals surface area contributed by atoms with Crippen molar-refractivity contribution in [2.45, 2.75) is 19.3 Å². The Morgan fingerprint density at radius 1 is 1.09 bits per heavy atom. The van der Waals surface area contributed by atoms with Crippen LogP contribution in [0.5, 0.6) is 11.5 Å². The fraction of sp³-hybridized carbons (Fsp3) is 0.280. The third kappa shape index (κ3) is 2.86. The van der Waals surface area contributed by atoms with Crippen molar-refractivity contribution in [1.29, 1.82) is 0 Å². The molecule has 0 bridgehead atoms. The summed E-state index contributed by atoms with van der Waals surface area (Å²) in [4.78, 5) is 51.6. The van der Waals surface area contributed by atoms with E-state index in [2.05, 4.69) is 15.9 Å². The highest BCUT2D eigenvalue weighted by Gasteiger charge is 2.56. The number of fused-ring (bicyclic) bond motifs is 4. The van der Waals surface area contributed by atoms with Crippen LogP contribution in [0, 0.1) is 23.7 Å². The molecule has 2 N–H and O–H groups in total. The van der Waals surface area contributed by atoms with Gasteiger partial charge in [0.05, 0.1) is 22.6 Å². The molecule has 0 unspecified atom stereocenters. The van der Waals surface area contributed by atoms with E-state index in [9.17, 15) is 29.5 Å². The molecule has 0 aromatic heterocycles. The molecule has 3 aliphatic carbocycles. The highest BCUT2D eigenvalue weighted by Crippen LogP contribution is 2.54. The fourth-order valence-corrected chi connectivity index (χ4v) is 6.45. The molecule has 0 spiro atoms. The summed E-state index contributed by atoms with van der Waals surface area (Å²) < 4.78 is 5.97. The standard InChI is InChI=1S/C25H18BrNO7/c26-17-8-18(29)22-16(23(17)30)7-15-13(2-3-14-21(15)25(32)27(33)24(14)31)20(22)11-5-10-6-12(28)1-4-19(10)34-9-11/h1-2,4,6,8-9,14-15,20-21,28,33H,3,5,7H2/t14-,15+,20-,21-/m0/s1. The van der Waals surface area contributed by atoms with Gasteiger partial charge < -0.3 is 9.84 Å². The zero-order valence-corrected chi connectivity index (χ0v) is 19.2. The summed E-state index contributed by atoms with van der Waals surface area (Å²) in [5.74, 6) is -3.91. The molecule has 34 heavy (non-hydrogen) atoms. The Hall–Kier alpha value is -3.30. The number of hydrogen-bond acceptors (Lipinski definition) is 7. The number of imide groups is 1. The summed E-state index contributed by atoms with van der Waals surface area (Å²) in [6.07, 6.45) is 5.46. The summed E-state index contributed by atoms with van der Waals surface area (Å²) in [5, 5.41) is 20.1. The SMILES string of the molecule is O=C1C=C(Br)C(=O)C2=C1[C@@H](C1=COc3ccc(O)cc3C1)C1=CC[C@@H]3C(=O)N(O)C(=O)[C@@H]3[C@@H]1C2.